The van der Waals surface area contributed by atoms with Crippen molar-refractivity contribution in [2.24, 2.45) is 5.92 Å². The standard InChI is InChI=1S/C24H37N3O4/c1-25-22(23(28)31-21-9-5-6-10-21)17-19-11-14-27(15-12-19)16-13-26-24(29)30-18-20-7-3-2-4-8-20/h2-4,7-8,19,21-22,25H,5-6,9-18H2,1H3,(H,26,29). The van der Waals surface area contributed by atoms with E-state index in [1.165, 1.54) is 12.8 Å². The third-order valence-electron chi connectivity index (χ3n) is 6.40. The summed E-state index contributed by atoms with van der Waals surface area (Å²) in [5.74, 6) is 0.434. The Balaban J connectivity index is 1.27. The van der Waals surface area contributed by atoms with Gasteiger partial charge >= 0.3 is 12.1 Å². The highest BCUT2D eigenvalue weighted by atomic mass is 16.5. The van der Waals surface area contributed by atoms with Crippen LogP contribution in [0.4, 0.5) is 4.79 Å². The third kappa shape index (κ3) is 8.15. The molecular weight excluding hydrogens is 394 g/mol. The number of likely N-dealkylation sites (N-methyl/N-ethyl adjacent to an activating group) is 1. The van der Waals surface area contributed by atoms with E-state index in [-0.39, 0.29) is 30.8 Å². The van der Waals surface area contributed by atoms with Gasteiger partial charge in [-0.05, 0) is 76.6 Å². The first-order valence-electron chi connectivity index (χ1n) is 11.7. The predicted octanol–water partition coefficient (Wildman–Crippen LogP) is 3.09. The molecule has 1 aromatic rings. The van der Waals surface area contributed by atoms with Crippen molar-refractivity contribution in [3.63, 3.8) is 0 Å². The molecule has 7 heteroatoms. The van der Waals surface area contributed by atoms with Crippen LogP contribution in [-0.4, -0.2) is 62.3 Å². The second kappa shape index (κ2) is 12.7. The molecule has 2 N–H and O–H groups in total. The molecule has 1 amide bonds. The van der Waals surface area contributed by atoms with Crippen LogP contribution in [0.15, 0.2) is 30.3 Å². The van der Waals surface area contributed by atoms with Crippen LogP contribution >= 0.6 is 0 Å². The van der Waals surface area contributed by atoms with Crippen molar-refractivity contribution in [3.05, 3.63) is 35.9 Å². The number of carbonyl (C=O) groups is 2. The van der Waals surface area contributed by atoms with E-state index in [9.17, 15) is 9.59 Å². The lowest BCUT2D eigenvalue weighted by Gasteiger charge is -2.33. The lowest BCUT2D eigenvalue weighted by molar-refractivity contribution is -0.151. The first kappa shape index (κ1) is 23.5. The number of nitrogens with zero attached hydrogens (tertiary/aromatic N) is 1. The highest BCUT2D eigenvalue weighted by molar-refractivity contribution is 5.76. The molecule has 1 aliphatic carbocycles. The zero-order valence-electron chi connectivity index (χ0n) is 18.7. The molecule has 0 aromatic heterocycles. The van der Waals surface area contributed by atoms with Crippen LogP contribution in [0.2, 0.25) is 0 Å². The van der Waals surface area contributed by atoms with E-state index < -0.39 is 0 Å². The van der Waals surface area contributed by atoms with Gasteiger partial charge in [0.25, 0.3) is 0 Å². The quantitative estimate of drug-likeness (QED) is 0.554. The zero-order chi connectivity index (χ0) is 21.9. The normalized spacial score (nSPS) is 19.1. The van der Waals surface area contributed by atoms with Gasteiger partial charge in [-0.3, -0.25) is 4.79 Å². The molecule has 0 radical (unpaired) electrons. The van der Waals surface area contributed by atoms with Gasteiger partial charge in [0.1, 0.15) is 18.8 Å². The second-order valence-corrected chi connectivity index (χ2v) is 8.69. The van der Waals surface area contributed by atoms with Gasteiger partial charge in [-0.1, -0.05) is 30.3 Å². The Labute approximate surface area is 185 Å². The number of likely N-dealkylation sites (tertiary alicyclic amines) is 1. The minimum atomic E-state index is -0.378. The van der Waals surface area contributed by atoms with Crippen LogP contribution in [-0.2, 0) is 20.9 Å². The summed E-state index contributed by atoms with van der Waals surface area (Å²) in [6, 6.07) is 9.45. The summed E-state index contributed by atoms with van der Waals surface area (Å²) in [5, 5.41) is 5.98. The van der Waals surface area contributed by atoms with Crippen molar-refractivity contribution >= 4 is 12.1 Å². The van der Waals surface area contributed by atoms with Gasteiger partial charge in [-0.15, -0.1) is 0 Å². The number of benzene rings is 1. The first-order chi connectivity index (χ1) is 15.1. The molecule has 1 unspecified atom stereocenters. The largest absolute Gasteiger partial charge is 0.461 e. The van der Waals surface area contributed by atoms with Crippen molar-refractivity contribution in [1.82, 2.24) is 15.5 Å². The summed E-state index contributed by atoms with van der Waals surface area (Å²) in [4.78, 5) is 26.7. The van der Waals surface area contributed by atoms with Crippen LogP contribution in [0.25, 0.3) is 0 Å². The van der Waals surface area contributed by atoms with E-state index in [1.54, 1.807) is 0 Å². The molecule has 0 spiro atoms. The van der Waals surface area contributed by atoms with Crippen molar-refractivity contribution in [3.8, 4) is 0 Å². The number of rotatable bonds is 10. The van der Waals surface area contributed by atoms with Gasteiger partial charge in [-0.25, -0.2) is 4.79 Å². The molecule has 2 fully saturated rings. The van der Waals surface area contributed by atoms with Crippen LogP contribution in [0.3, 0.4) is 0 Å². The molecule has 172 valence electrons. The van der Waals surface area contributed by atoms with Crippen LogP contribution in [0.5, 0.6) is 0 Å². The molecule has 31 heavy (non-hydrogen) atoms. The van der Waals surface area contributed by atoms with Crippen molar-refractivity contribution in [2.75, 3.05) is 33.2 Å². The lowest BCUT2D eigenvalue weighted by atomic mass is 9.90. The maximum absolute atomic E-state index is 12.5. The Bertz CT molecular complexity index is 671. The van der Waals surface area contributed by atoms with Gasteiger partial charge < -0.3 is 25.0 Å². The zero-order valence-corrected chi connectivity index (χ0v) is 18.7. The van der Waals surface area contributed by atoms with Crippen molar-refractivity contribution < 1.29 is 19.1 Å². The Morgan fingerprint density at radius 2 is 1.81 bits per heavy atom. The molecule has 1 heterocycles. The van der Waals surface area contributed by atoms with E-state index in [1.807, 2.05) is 37.4 Å². The van der Waals surface area contributed by atoms with Gasteiger partial charge in [-0.2, -0.15) is 0 Å². The number of alkyl carbamates (subject to hydrolysis) is 1. The SMILES string of the molecule is CNC(CC1CCN(CCNC(=O)OCc2ccccc2)CC1)C(=O)OC1CCCC1. The fourth-order valence-corrected chi connectivity index (χ4v) is 4.45. The maximum atomic E-state index is 12.5. The molecule has 1 aliphatic heterocycles. The average Bonchev–Trinajstić information content (AvgIpc) is 3.30. The maximum Gasteiger partial charge on any atom is 0.407 e. The monoisotopic (exact) mass is 431 g/mol. The average molecular weight is 432 g/mol. The number of hydrogen-bond donors (Lipinski definition) is 2. The molecule has 1 saturated carbocycles. The predicted molar refractivity (Wildman–Crippen MR) is 120 cm³/mol. The molecule has 1 aromatic carbocycles. The van der Waals surface area contributed by atoms with E-state index in [0.29, 0.717) is 12.5 Å². The van der Waals surface area contributed by atoms with E-state index in [2.05, 4.69) is 15.5 Å². The number of esters is 1. The Kier molecular flexibility index (Phi) is 9.62. The molecular formula is C24H37N3O4. The lowest BCUT2D eigenvalue weighted by Crippen LogP contribution is -2.43. The second-order valence-electron chi connectivity index (χ2n) is 8.69. The van der Waals surface area contributed by atoms with Crippen LogP contribution < -0.4 is 10.6 Å². The summed E-state index contributed by atoms with van der Waals surface area (Å²) in [7, 11) is 1.85. The fraction of sp³-hybridized carbons (Fsp3) is 0.667. The third-order valence-corrected chi connectivity index (χ3v) is 6.40. The molecule has 3 rings (SSSR count). The summed E-state index contributed by atoms with van der Waals surface area (Å²) < 4.78 is 10.9. The van der Waals surface area contributed by atoms with E-state index in [0.717, 1.165) is 57.3 Å². The first-order valence-corrected chi connectivity index (χ1v) is 11.7. The highest BCUT2D eigenvalue weighted by Crippen LogP contribution is 2.24. The Morgan fingerprint density at radius 3 is 2.48 bits per heavy atom. The van der Waals surface area contributed by atoms with E-state index in [4.69, 9.17) is 9.47 Å². The van der Waals surface area contributed by atoms with Crippen LogP contribution in [0.1, 0.15) is 50.5 Å². The number of nitrogens with one attached hydrogen (secondary N) is 2. The van der Waals surface area contributed by atoms with E-state index >= 15 is 0 Å². The minimum absolute atomic E-state index is 0.0879. The number of ether oxygens (including phenoxy) is 2. The molecule has 0 bridgehead atoms. The summed E-state index contributed by atoms with van der Waals surface area (Å²) >= 11 is 0. The van der Waals surface area contributed by atoms with Gasteiger partial charge in [0.2, 0.25) is 0 Å². The van der Waals surface area contributed by atoms with Gasteiger partial charge in [0.15, 0.2) is 0 Å². The molecule has 1 saturated heterocycles. The topological polar surface area (TPSA) is 79.9 Å². The Morgan fingerprint density at radius 1 is 1.10 bits per heavy atom. The highest BCUT2D eigenvalue weighted by Gasteiger charge is 2.28. The molecule has 7 nitrogen and oxygen atoms in total. The number of amides is 1. The smallest absolute Gasteiger partial charge is 0.407 e. The number of carbonyl (C=O) groups excluding carboxylic acids is 2. The summed E-state index contributed by atoms with van der Waals surface area (Å²) in [5.41, 5.74) is 0.978. The van der Waals surface area contributed by atoms with Crippen molar-refractivity contribution in [1.29, 1.82) is 0 Å². The number of hydrogen-bond acceptors (Lipinski definition) is 6. The number of piperidine rings is 1. The Hall–Kier alpha value is -2.12. The molecule has 2 aliphatic rings. The van der Waals surface area contributed by atoms with Crippen molar-refractivity contribution in [2.45, 2.75) is 63.7 Å². The fourth-order valence-electron chi connectivity index (χ4n) is 4.45. The van der Waals surface area contributed by atoms with Crippen LogP contribution in [0, 0.1) is 5.92 Å². The minimum Gasteiger partial charge on any atom is -0.461 e. The summed E-state index contributed by atoms with van der Waals surface area (Å²) in [6.07, 6.45) is 7.05. The molecule has 1 atom stereocenters. The van der Waals surface area contributed by atoms with Gasteiger partial charge in [0.05, 0.1) is 0 Å². The van der Waals surface area contributed by atoms with Gasteiger partial charge in [0, 0.05) is 13.1 Å². The summed E-state index contributed by atoms with van der Waals surface area (Å²) in [6.45, 7) is 3.64.